The van der Waals surface area contributed by atoms with E-state index in [9.17, 15) is 5.26 Å². The molecule has 3 nitrogen and oxygen atoms in total. The lowest BCUT2D eigenvalue weighted by Crippen LogP contribution is -2.16. The van der Waals surface area contributed by atoms with Crippen LogP contribution in [-0.4, -0.2) is 19.3 Å². The molecule has 4 heteroatoms. The Labute approximate surface area is 135 Å². The third-order valence-corrected chi connectivity index (χ3v) is 3.91. The van der Waals surface area contributed by atoms with Crippen molar-refractivity contribution in [1.82, 2.24) is 0 Å². The minimum absolute atomic E-state index is 0.161. The summed E-state index contributed by atoms with van der Waals surface area (Å²) in [6.45, 7) is 1.34. The van der Waals surface area contributed by atoms with Gasteiger partial charge in [0.2, 0.25) is 0 Å². The predicted octanol–water partition coefficient (Wildman–Crippen LogP) is 4.44. The first kappa shape index (κ1) is 14.9. The zero-order valence-electron chi connectivity index (χ0n) is 12.1. The van der Waals surface area contributed by atoms with Crippen LogP contribution in [0.1, 0.15) is 18.4 Å². The van der Waals surface area contributed by atoms with Gasteiger partial charge >= 0.3 is 0 Å². The van der Waals surface area contributed by atoms with Gasteiger partial charge in [0.25, 0.3) is 0 Å². The molecule has 3 rings (SSSR count). The van der Waals surface area contributed by atoms with Crippen LogP contribution in [0.15, 0.2) is 42.5 Å². The summed E-state index contributed by atoms with van der Waals surface area (Å²) in [5.41, 5.74) is 2.36. The molecule has 2 aromatic carbocycles. The molecule has 22 heavy (non-hydrogen) atoms. The van der Waals surface area contributed by atoms with Gasteiger partial charge in [0, 0.05) is 11.6 Å². The fourth-order valence-electron chi connectivity index (χ4n) is 2.60. The van der Waals surface area contributed by atoms with Gasteiger partial charge in [-0.25, -0.2) is 0 Å². The van der Waals surface area contributed by atoms with E-state index in [1.54, 1.807) is 12.1 Å². The summed E-state index contributed by atoms with van der Waals surface area (Å²) in [4.78, 5) is 0. The van der Waals surface area contributed by atoms with E-state index in [1.165, 1.54) is 0 Å². The Bertz CT molecular complexity index is 702. The Morgan fingerprint density at radius 3 is 2.91 bits per heavy atom. The molecule has 1 heterocycles. The first-order chi connectivity index (χ1) is 10.8. The molecule has 0 aromatic heterocycles. The maximum atomic E-state index is 9.23. The fraction of sp³-hybridized carbons (Fsp3) is 0.278. The average molecular weight is 314 g/mol. The number of ether oxygens (including phenoxy) is 2. The molecule has 0 radical (unpaired) electrons. The number of nitriles is 1. The molecule has 0 N–H and O–H groups in total. The van der Waals surface area contributed by atoms with Crippen molar-refractivity contribution in [2.24, 2.45) is 0 Å². The van der Waals surface area contributed by atoms with Crippen molar-refractivity contribution in [3.8, 4) is 22.9 Å². The van der Waals surface area contributed by atoms with Gasteiger partial charge in [-0.1, -0.05) is 29.8 Å². The number of hydrogen-bond donors (Lipinski definition) is 0. The number of nitrogens with zero attached hydrogens (tertiary/aromatic N) is 1. The first-order valence-electron chi connectivity index (χ1n) is 7.31. The minimum atomic E-state index is 0.161. The van der Waals surface area contributed by atoms with Gasteiger partial charge in [-0.15, -0.1) is 0 Å². The van der Waals surface area contributed by atoms with Crippen LogP contribution in [0.3, 0.4) is 0 Å². The Kier molecular flexibility index (Phi) is 4.62. The van der Waals surface area contributed by atoms with Crippen molar-refractivity contribution in [2.75, 3.05) is 13.2 Å². The molecule has 2 aromatic rings. The summed E-state index contributed by atoms with van der Waals surface area (Å²) < 4.78 is 11.4. The molecule has 1 aliphatic heterocycles. The van der Waals surface area contributed by atoms with Crippen molar-refractivity contribution in [3.63, 3.8) is 0 Å². The van der Waals surface area contributed by atoms with Crippen molar-refractivity contribution in [3.05, 3.63) is 53.1 Å². The molecule has 0 bridgehead atoms. The monoisotopic (exact) mass is 313 g/mol. The predicted molar refractivity (Wildman–Crippen MR) is 86.1 cm³/mol. The zero-order chi connectivity index (χ0) is 15.4. The van der Waals surface area contributed by atoms with Gasteiger partial charge < -0.3 is 9.47 Å². The Morgan fingerprint density at radius 1 is 1.27 bits per heavy atom. The van der Waals surface area contributed by atoms with E-state index in [2.05, 4.69) is 6.07 Å². The van der Waals surface area contributed by atoms with Gasteiger partial charge in [-0.2, -0.15) is 5.26 Å². The highest BCUT2D eigenvalue weighted by Crippen LogP contribution is 2.30. The molecular formula is C18H16ClNO2. The standard InChI is InChI=1S/C18H16ClNO2/c19-15-8-14(18-6-2-1-4-13(18)11-20)9-17(10-15)22-12-16-5-3-7-21-16/h1-2,4,6,8-10,16H,3,5,7,12H2. The molecule has 0 aliphatic carbocycles. The molecule has 0 amide bonds. The quantitative estimate of drug-likeness (QED) is 0.838. The van der Waals surface area contributed by atoms with E-state index in [0.717, 1.165) is 30.6 Å². The topological polar surface area (TPSA) is 42.2 Å². The second-order valence-electron chi connectivity index (χ2n) is 5.28. The van der Waals surface area contributed by atoms with Gasteiger partial charge in [-0.05, 0) is 48.2 Å². The summed E-state index contributed by atoms with van der Waals surface area (Å²) >= 11 is 6.20. The maximum absolute atomic E-state index is 9.23. The van der Waals surface area contributed by atoms with Crippen LogP contribution in [0.5, 0.6) is 5.75 Å². The summed E-state index contributed by atoms with van der Waals surface area (Å²) in [6.07, 6.45) is 2.28. The molecule has 112 valence electrons. The van der Waals surface area contributed by atoms with Crippen LogP contribution >= 0.6 is 11.6 Å². The van der Waals surface area contributed by atoms with Gasteiger partial charge in [-0.3, -0.25) is 0 Å². The van der Waals surface area contributed by atoms with Crippen LogP contribution in [0.2, 0.25) is 5.02 Å². The third-order valence-electron chi connectivity index (χ3n) is 3.69. The lowest BCUT2D eigenvalue weighted by atomic mass is 10.0. The maximum Gasteiger partial charge on any atom is 0.121 e. The molecule has 1 fully saturated rings. The van der Waals surface area contributed by atoms with Crippen LogP contribution in [-0.2, 0) is 4.74 Å². The van der Waals surface area contributed by atoms with Crippen LogP contribution < -0.4 is 4.74 Å². The molecule has 1 aliphatic rings. The van der Waals surface area contributed by atoms with Crippen LogP contribution in [0.4, 0.5) is 0 Å². The molecule has 0 spiro atoms. The lowest BCUT2D eigenvalue weighted by Gasteiger charge is -2.13. The van der Waals surface area contributed by atoms with E-state index in [4.69, 9.17) is 21.1 Å². The van der Waals surface area contributed by atoms with E-state index in [-0.39, 0.29) is 6.10 Å². The Balaban J connectivity index is 1.84. The summed E-state index contributed by atoms with van der Waals surface area (Å²) in [7, 11) is 0. The van der Waals surface area contributed by atoms with E-state index < -0.39 is 0 Å². The fourth-order valence-corrected chi connectivity index (χ4v) is 2.82. The number of benzene rings is 2. The Morgan fingerprint density at radius 2 is 2.14 bits per heavy atom. The molecular weight excluding hydrogens is 298 g/mol. The van der Waals surface area contributed by atoms with Gasteiger partial charge in [0.1, 0.15) is 12.4 Å². The van der Waals surface area contributed by atoms with Crippen molar-refractivity contribution in [1.29, 1.82) is 5.26 Å². The first-order valence-corrected chi connectivity index (χ1v) is 7.68. The second kappa shape index (κ2) is 6.83. The highest BCUT2D eigenvalue weighted by atomic mass is 35.5. The molecule has 1 unspecified atom stereocenters. The second-order valence-corrected chi connectivity index (χ2v) is 5.72. The van der Waals surface area contributed by atoms with Crippen molar-refractivity contribution < 1.29 is 9.47 Å². The van der Waals surface area contributed by atoms with Crippen molar-refractivity contribution in [2.45, 2.75) is 18.9 Å². The summed E-state index contributed by atoms with van der Waals surface area (Å²) in [6, 6.07) is 15.2. The van der Waals surface area contributed by atoms with E-state index >= 15 is 0 Å². The van der Waals surface area contributed by atoms with Crippen LogP contribution in [0.25, 0.3) is 11.1 Å². The average Bonchev–Trinajstić information content (AvgIpc) is 3.06. The normalized spacial score (nSPS) is 17.2. The Hall–Kier alpha value is -2.02. The zero-order valence-corrected chi connectivity index (χ0v) is 12.8. The lowest BCUT2D eigenvalue weighted by molar-refractivity contribution is 0.0680. The van der Waals surface area contributed by atoms with Gasteiger partial charge in [0.05, 0.1) is 17.7 Å². The molecule has 0 saturated carbocycles. The summed E-state index contributed by atoms with van der Waals surface area (Å²) in [5.74, 6) is 0.700. The van der Waals surface area contributed by atoms with E-state index in [0.29, 0.717) is 22.9 Å². The minimum Gasteiger partial charge on any atom is -0.491 e. The number of rotatable bonds is 4. The SMILES string of the molecule is N#Cc1ccccc1-c1cc(Cl)cc(OCC2CCCO2)c1. The van der Waals surface area contributed by atoms with E-state index in [1.807, 2.05) is 30.3 Å². The summed E-state index contributed by atoms with van der Waals surface area (Å²) in [5, 5.41) is 9.82. The molecule has 1 saturated heterocycles. The highest BCUT2D eigenvalue weighted by molar-refractivity contribution is 6.31. The van der Waals surface area contributed by atoms with Crippen molar-refractivity contribution >= 4 is 11.6 Å². The molecule has 1 atom stereocenters. The number of halogens is 1. The van der Waals surface area contributed by atoms with Gasteiger partial charge in [0.15, 0.2) is 0 Å². The third kappa shape index (κ3) is 3.41. The highest BCUT2D eigenvalue weighted by Gasteiger charge is 2.16. The van der Waals surface area contributed by atoms with Crippen LogP contribution in [0, 0.1) is 11.3 Å². The smallest absolute Gasteiger partial charge is 0.121 e. The largest absolute Gasteiger partial charge is 0.491 e. The number of hydrogen-bond acceptors (Lipinski definition) is 3.